The van der Waals surface area contributed by atoms with E-state index in [0.717, 1.165) is 0 Å². The maximum atomic E-state index is 0. The first-order chi connectivity index (χ1) is 0. The molecule has 677 valence electrons. The van der Waals surface area contributed by atoms with Crippen LogP contribution in [0.15, 0.2) is 0 Å². The molecule has 0 aromatic carbocycles. The fourth-order valence-electron chi connectivity index (χ4n) is 0. The van der Waals surface area contributed by atoms with Gasteiger partial charge in [-0.1, -0.05) is 0 Å². The molecule has 103 heavy (non-hydrogen) atoms. The Kier molecular flexibility index (Phi) is 60900. The van der Waals surface area contributed by atoms with Crippen LogP contribution < -0.4 is 543 Å². The molecule has 0 unspecified atom stereocenters. The second kappa shape index (κ2) is 2480. The molecule has 0 saturated carbocycles. The Morgan fingerprint density at radius 2 is 0.0680 bits per heavy atom. The van der Waals surface area contributed by atoms with Crippen LogP contribution in [-0.2, 0) is 813 Å². The average molecular weight is 5220 g/mol. The molecular weight excluding hydrogens is 5220 g/mol. The van der Waals surface area contributed by atoms with Gasteiger partial charge in [0.1, 0.15) is 0 Å². The first kappa shape index (κ1) is 2530. The van der Waals surface area contributed by atoms with E-state index in [1.807, 2.05) is 0 Å². The largest absolute Gasteiger partial charge is 4.00 e. The number of hydrogen-bond donors (Lipinski definition) is 0. The fraction of sp³-hybridized carbons (Fsp3) is 0. The zero-order chi connectivity index (χ0) is 0. The van der Waals surface area contributed by atoms with Crippen molar-refractivity contribution in [3.05, 3.63) is 0 Å². The molecule has 0 bridgehead atoms. The SMILES string of the molecule is [K+].[K+].[K+].[K+].[K+].[K+].[K+].[K+].[K+].[K+].[Na+].[O-2].[O-2].[O-2].[O-2].[O-2].[O-2].[O-2].[O-2].[O-2].[O-2].[O-2].[O-2].[O-2].[O-2].[O-2].[O-2].[O-2].[O-2].[O-2].[O-2].[O-2].[O-2].[O-2].[O-2].[O-2].[O-2].[O-2].[O-2].[O-2].[O-2].[O-2].[O-2].[O-2].[O-2].[O-2].[O-2].[O-2].[O-2].[O-2].[O-2].[O-2].[O-2].[O-2].[O-2].[O-2].[O-2].[O-2].[O-2].[O-2].[O-2].[O-2].[O-2].[O-2].[O-2].[O-2].[O-2].[O-2].[O-2].[O-2].[O-2].[O-2].[O-2].[O-2].[O-2].[O-2].[O-2].[O-2].[O-2].[O-2].[Sb].[Sb].[V+4].[V+4].[V].[W].[W].[W].[W].[W].[W].[W].[W].[W].[W].[W].[W].[W].[W].[W].[W].[W].[W]. The van der Waals surface area contributed by atoms with E-state index in [4.69, 9.17) is 0 Å². The van der Waals surface area contributed by atoms with E-state index in [1.54, 1.807) is 0 Å². The van der Waals surface area contributed by atoms with Crippen molar-refractivity contribution in [2.24, 2.45) is 0 Å². The summed E-state index contributed by atoms with van der Waals surface area (Å²) in [5.41, 5.74) is 0. The van der Waals surface area contributed by atoms with Gasteiger partial charge in [0.2, 0.25) is 0 Å². The Morgan fingerprint density at radius 1 is 0.0680 bits per heavy atom. The van der Waals surface area contributed by atoms with Gasteiger partial charge in [0.25, 0.3) is 0 Å². The van der Waals surface area contributed by atoms with Gasteiger partial charge in [0, 0.05) is 447 Å². The second-order valence-corrected chi connectivity index (χ2v) is 0. The zero-order valence-electron chi connectivity index (χ0n) is 48.8. The van der Waals surface area contributed by atoms with Crippen molar-refractivity contribution in [1.82, 2.24) is 0 Å². The van der Waals surface area contributed by atoms with Crippen molar-refractivity contribution >= 4 is 48.9 Å². The predicted octanol–water partition coefficient (Wildman–Crippen LogP) is -42.0. The van der Waals surface area contributed by atoms with Crippen molar-refractivity contribution < 1.29 is 1360 Å². The van der Waals surface area contributed by atoms with Crippen LogP contribution in [0.4, 0.5) is 0 Å². The van der Waals surface area contributed by atoms with E-state index >= 15 is 0 Å². The minimum Gasteiger partial charge on any atom is -2.00 e. The quantitative estimate of drug-likeness (QED) is 0.204. The van der Waals surface area contributed by atoms with Crippen LogP contribution in [0, 0.1) is 0 Å². The standard InChI is InChI=1S/10K.Na.69O.2Sb.3V.18W/q11*+1;69*-2;;;;2*+4;;;;;;;;;;;;;;;;;;. The fourth-order valence-corrected chi connectivity index (χ4v) is 0. The molecule has 0 aliphatic heterocycles. The summed E-state index contributed by atoms with van der Waals surface area (Å²) in [6.07, 6.45) is 0. The van der Waals surface area contributed by atoms with E-state index in [0.29, 0.717) is 0 Å². The Hall–Kier alpha value is 30.4. The van der Waals surface area contributed by atoms with Gasteiger partial charge in [-0.3, -0.25) is 0 Å². The molecule has 0 aliphatic rings. The van der Waals surface area contributed by atoms with Gasteiger partial charge in [-0.25, -0.2) is 0 Å². The van der Waals surface area contributed by atoms with E-state index in [1.165, 1.54) is 0 Å². The second-order valence-electron chi connectivity index (χ2n) is 0. The molecule has 103 heteroatoms. The van der Waals surface area contributed by atoms with Gasteiger partial charge in [-0.05, 0) is 0 Å². The molecule has 0 N–H and O–H groups in total. The molecule has 9 radical (unpaired) electrons. The van der Waals surface area contributed by atoms with Crippen LogP contribution in [0.2, 0.25) is 0 Å². The van der Waals surface area contributed by atoms with E-state index in [-0.39, 0.29) is 1400 Å². The Labute approximate surface area is 1370 Å². The Balaban J connectivity index is 0. The molecule has 69 nitrogen and oxygen atoms in total. The monoisotopic (exact) mass is 5220 g/mol. The van der Waals surface area contributed by atoms with Crippen molar-refractivity contribution in [2.45, 2.75) is 0 Å². The first-order valence-corrected chi connectivity index (χ1v) is 0. The smallest absolute Gasteiger partial charge is 2.00 e. The minimum absolute atomic E-state index is 0. The summed E-state index contributed by atoms with van der Waals surface area (Å²) in [6, 6.07) is 0. The molecule has 0 aliphatic carbocycles. The minimum atomic E-state index is 0. The van der Waals surface area contributed by atoms with Crippen molar-refractivity contribution in [3.63, 3.8) is 0 Å². The topological polar surface area (TPSA) is 1970 Å². The normalized spacial score (nSPS) is 0. The van der Waals surface area contributed by atoms with Gasteiger partial charge in [-0.15, -0.1) is 0 Å². The summed E-state index contributed by atoms with van der Waals surface area (Å²) in [4.78, 5) is 0. The van der Waals surface area contributed by atoms with Crippen molar-refractivity contribution in [3.8, 4) is 0 Å². The van der Waals surface area contributed by atoms with Crippen molar-refractivity contribution in [1.29, 1.82) is 0 Å². The molecule has 0 heterocycles. The summed E-state index contributed by atoms with van der Waals surface area (Å²) >= 11 is 0. The third kappa shape index (κ3) is 2440. The summed E-state index contributed by atoms with van der Waals surface area (Å²) in [5.74, 6) is 0. The Morgan fingerprint density at radius 3 is 0.0680 bits per heavy atom. The van der Waals surface area contributed by atoms with Crippen LogP contribution in [0.3, 0.4) is 0 Å². The summed E-state index contributed by atoms with van der Waals surface area (Å²) in [6.45, 7) is 0. The van der Waals surface area contributed by atoms with Crippen LogP contribution in [0.1, 0.15) is 0 Å². The van der Waals surface area contributed by atoms with Gasteiger partial charge in [0.05, 0.1) is 0 Å². The molecular formula is K10NaO69Sb2V3W18-119. The number of hydrogen-bond acceptors (Lipinski definition) is 0. The van der Waals surface area contributed by atoms with Crippen molar-refractivity contribution in [2.75, 3.05) is 0 Å². The van der Waals surface area contributed by atoms with Gasteiger partial charge in [0.15, 0.2) is 0 Å². The van der Waals surface area contributed by atoms with Crippen LogP contribution >= 0.6 is 0 Å². The van der Waals surface area contributed by atoms with Gasteiger partial charge < -0.3 is 378 Å². The molecule has 0 rings (SSSR count). The summed E-state index contributed by atoms with van der Waals surface area (Å²) < 4.78 is 0. The molecule has 0 atom stereocenters. The van der Waals surface area contributed by atoms with Gasteiger partial charge >= 0.3 is 581 Å². The maximum absolute atomic E-state index is 0. The van der Waals surface area contributed by atoms with E-state index in [9.17, 15) is 0 Å². The molecule has 0 fully saturated rings. The molecule has 0 aromatic rings. The van der Waals surface area contributed by atoms with E-state index in [2.05, 4.69) is 0 Å². The van der Waals surface area contributed by atoms with E-state index < -0.39 is 0 Å². The van der Waals surface area contributed by atoms with Gasteiger partial charge in [-0.2, -0.15) is 0 Å². The third-order valence-electron chi connectivity index (χ3n) is 0. The Bertz CT molecular complexity index is 152. The van der Waals surface area contributed by atoms with Crippen LogP contribution in [0.25, 0.3) is 0 Å². The zero-order valence-corrected chi connectivity index (χ0v) is 144. The molecule has 0 saturated heterocycles. The average Bonchev–Trinajstić information content (AvgIpc) is 0. The number of rotatable bonds is 0. The molecule has 0 spiro atoms. The first-order valence-electron chi connectivity index (χ1n) is 0. The maximum Gasteiger partial charge on any atom is 4.00 e. The third-order valence-corrected chi connectivity index (χ3v) is 0. The van der Waals surface area contributed by atoms with Crippen LogP contribution in [-0.4, -0.2) is 48.9 Å². The van der Waals surface area contributed by atoms with Crippen LogP contribution in [0.5, 0.6) is 0 Å². The molecule has 0 aromatic heterocycles. The summed E-state index contributed by atoms with van der Waals surface area (Å²) in [7, 11) is 0. The predicted molar refractivity (Wildman–Crippen MR) is 58.9 cm³/mol. The molecule has 0 amide bonds. The summed E-state index contributed by atoms with van der Waals surface area (Å²) in [5, 5.41) is 0.